The van der Waals surface area contributed by atoms with E-state index in [2.05, 4.69) is 26.7 Å². The minimum absolute atomic E-state index is 0.0608. The molecular weight excluding hydrogens is 256 g/mol. The summed E-state index contributed by atoms with van der Waals surface area (Å²) in [7, 11) is 0. The molecule has 0 amide bonds. The molecule has 3 heterocycles. The van der Waals surface area contributed by atoms with E-state index in [1.54, 1.807) is 12.4 Å². The molecule has 1 N–H and O–H groups in total. The van der Waals surface area contributed by atoms with Gasteiger partial charge in [0.1, 0.15) is 5.82 Å². The molecule has 0 radical (unpaired) electrons. The summed E-state index contributed by atoms with van der Waals surface area (Å²) in [4.78, 5) is 13.5. The van der Waals surface area contributed by atoms with Crippen LogP contribution < -0.4 is 4.90 Å². The van der Waals surface area contributed by atoms with Crippen LogP contribution in [0.4, 0.5) is 5.82 Å². The lowest BCUT2D eigenvalue weighted by atomic mass is 9.93. The summed E-state index contributed by atoms with van der Waals surface area (Å²) in [6, 6.07) is 0. The summed E-state index contributed by atoms with van der Waals surface area (Å²) < 4.78 is 5.65. The van der Waals surface area contributed by atoms with E-state index in [1.807, 2.05) is 0 Å². The zero-order valence-corrected chi connectivity index (χ0v) is 12.0. The number of rotatable bonds is 3. The second-order valence-corrected chi connectivity index (χ2v) is 5.55. The van der Waals surface area contributed by atoms with Gasteiger partial charge in [-0.3, -0.25) is 9.88 Å². The molecule has 0 saturated carbocycles. The minimum atomic E-state index is -0.0608. The highest BCUT2D eigenvalue weighted by Gasteiger charge is 2.44. The Morgan fingerprint density at radius 2 is 2.25 bits per heavy atom. The Kier molecular flexibility index (Phi) is 3.87. The molecule has 20 heavy (non-hydrogen) atoms. The van der Waals surface area contributed by atoms with Crippen molar-refractivity contribution in [2.24, 2.45) is 0 Å². The summed E-state index contributed by atoms with van der Waals surface area (Å²) in [6.45, 7) is 7.80. The van der Waals surface area contributed by atoms with Gasteiger partial charge in [0.2, 0.25) is 0 Å². The van der Waals surface area contributed by atoms with Gasteiger partial charge in [-0.1, -0.05) is 6.92 Å². The van der Waals surface area contributed by atoms with Gasteiger partial charge in [0, 0.05) is 26.2 Å². The fourth-order valence-corrected chi connectivity index (χ4v) is 3.27. The summed E-state index contributed by atoms with van der Waals surface area (Å²) >= 11 is 0. The number of hydrogen-bond acceptors (Lipinski definition) is 6. The van der Waals surface area contributed by atoms with Crippen LogP contribution >= 0.6 is 0 Å². The fraction of sp³-hybridized carbons (Fsp3) is 0.714. The van der Waals surface area contributed by atoms with Crippen molar-refractivity contribution in [2.75, 3.05) is 44.3 Å². The maximum Gasteiger partial charge on any atom is 0.147 e. The molecule has 0 bridgehead atoms. The molecule has 2 saturated heterocycles. The monoisotopic (exact) mass is 278 g/mol. The molecule has 3 rings (SSSR count). The van der Waals surface area contributed by atoms with Crippen LogP contribution in [0.5, 0.6) is 0 Å². The third kappa shape index (κ3) is 2.39. The second kappa shape index (κ2) is 5.63. The summed E-state index contributed by atoms with van der Waals surface area (Å²) in [6.07, 6.45) is 4.50. The molecule has 1 atom stereocenters. The highest BCUT2D eigenvalue weighted by Crippen LogP contribution is 2.31. The number of anilines is 1. The molecular formula is C14H22N4O2. The van der Waals surface area contributed by atoms with Crippen molar-refractivity contribution in [3.05, 3.63) is 18.1 Å². The lowest BCUT2D eigenvalue weighted by Crippen LogP contribution is -2.63. The standard InChI is InChI=1S/C14H22N4O2/c1-2-18-5-4-17(10-14(18)3-6-20-11-14)13-8-15-12(9-19)7-16-13/h7-8,19H,2-6,9-11H2,1H3. The molecule has 2 fully saturated rings. The molecule has 1 spiro atoms. The van der Waals surface area contributed by atoms with E-state index in [4.69, 9.17) is 9.84 Å². The van der Waals surface area contributed by atoms with Gasteiger partial charge in [-0.2, -0.15) is 0 Å². The Balaban J connectivity index is 1.78. The molecule has 6 nitrogen and oxygen atoms in total. The molecule has 6 heteroatoms. The predicted octanol–water partition coefficient (Wildman–Crippen LogP) is 0.270. The normalized spacial score (nSPS) is 27.4. The van der Waals surface area contributed by atoms with Crippen LogP contribution in [-0.2, 0) is 11.3 Å². The van der Waals surface area contributed by atoms with E-state index in [9.17, 15) is 0 Å². The number of likely N-dealkylation sites (N-methyl/N-ethyl adjacent to an activating group) is 1. The van der Waals surface area contributed by atoms with E-state index in [0.717, 1.165) is 51.6 Å². The Morgan fingerprint density at radius 3 is 2.85 bits per heavy atom. The van der Waals surface area contributed by atoms with Crippen LogP contribution in [0.15, 0.2) is 12.4 Å². The SMILES string of the molecule is CCN1CCN(c2cnc(CO)cn2)CC12CCOC2. The average Bonchev–Trinajstić information content (AvgIpc) is 2.96. The molecule has 1 aromatic rings. The van der Waals surface area contributed by atoms with Gasteiger partial charge in [-0.25, -0.2) is 4.98 Å². The largest absolute Gasteiger partial charge is 0.390 e. The van der Waals surface area contributed by atoms with Crippen molar-refractivity contribution in [1.29, 1.82) is 0 Å². The number of nitrogens with zero attached hydrogens (tertiary/aromatic N) is 4. The van der Waals surface area contributed by atoms with Crippen molar-refractivity contribution in [3.63, 3.8) is 0 Å². The first-order valence-electron chi connectivity index (χ1n) is 7.27. The van der Waals surface area contributed by atoms with Crippen LogP contribution in [0.25, 0.3) is 0 Å². The molecule has 1 aromatic heterocycles. The van der Waals surface area contributed by atoms with Gasteiger partial charge in [0.15, 0.2) is 0 Å². The van der Waals surface area contributed by atoms with E-state index >= 15 is 0 Å². The number of ether oxygens (including phenoxy) is 1. The third-order valence-electron chi connectivity index (χ3n) is 4.44. The molecule has 110 valence electrons. The summed E-state index contributed by atoms with van der Waals surface area (Å²) in [5.74, 6) is 0.893. The first-order valence-corrected chi connectivity index (χ1v) is 7.27. The smallest absolute Gasteiger partial charge is 0.147 e. The Morgan fingerprint density at radius 1 is 1.35 bits per heavy atom. The maximum atomic E-state index is 9.03. The van der Waals surface area contributed by atoms with Gasteiger partial charge in [0.05, 0.1) is 36.8 Å². The van der Waals surface area contributed by atoms with Crippen LogP contribution in [0.2, 0.25) is 0 Å². The second-order valence-electron chi connectivity index (χ2n) is 5.55. The van der Waals surface area contributed by atoms with Crippen LogP contribution in [-0.4, -0.2) is 64.9 Å². The van der Waals surface area contributed by atoms with E-state index < -0.39 is 0 Å². The lowest BCUT2D eigenvalue weighted by Gasteiger charge is -2.48. The molecule has 0 aromatic carbocycles. The van der Waals surface area contributed by atoms with Crippen molar-refractivity contribution in [2.45, 2.75) is 25.5 Å². The topological polar surface area (TPSA) is 61.7 Å². The molecule has 0 aliphatic carbocycles. The first kappa shape index (κ1) is 13.7. The van der Waals surface area contributed by atoms with Gasteiger partial charge in [-0.05, 0) is 13.0 Å². The highest BCUT2D eigenvalue weighted by molar-refractivity contribution is 5.38. The van der Waals surface area contributed by atoms with Crippen LogP contribution in [0, 0.1) is 0 Å². The number of aliphatic hydroxyl groups is 1. The van der Waals surface area contributed by atoms with Gasteiger partial charge >= 0.3 is 0 Å². The predicted molar refractivity (Wildman–Crippen MR) is 75.6 cm³/mol. The zero-order chi connectivity index (χ0) is 14.0. The maximum absolute atomic E-state index is 9.03. The lowest BCUT2D eigenvalue weighted by molar-refractivity contribution is 0.0598. The highest BCUT2D eigenvalue weighted by atomic mass is 16.5. The van der Waals surface area contributed by atoms with Gasteiger partial charge in [0.25, 0.3) is 0 Å². The number of aromatic nitrogens is 2. The van der Waals surface area contributed by atoms with Crippen LogP contribution in [0.3, 0.4) is 0 Å². The van der Waals surface area contributed by atoms with E-state index in [-0.39, 0.29) is 12.1 Å². The van der Waals surface area contributed by atoms with Crippen LogP contribution in [0.1, 0.15) is 19.0 Å². The minimum Gasteiger partial charge on any atom is -0.390 e. The van der Waals surface area contributed by atoms with E-state index in [1.165, 1.54) is 0 Å². The zero-order valence-electron chi connectivity index (χ0n) is 12.0. The Hall–Kier alpha value is -1.24. The first-order chi connectivity index (χ1) is 9.77. The van der Waals surface area contributed by atoms with Crippen molar-refractivity contribution < 1.29 is 9.84 Å². The average molecular weight is 278 g/mol. The fourth-order valence-electron chi connectivity index (χ4n) is 3.27. The quantitative estimate of drug-likeness (QED) is 0.856. The summed E-state index contributed by atoms with van der Waals surface area (Å²) in [5, 5.41) is 9.03. The van der Waals surface area contributed by atoms with Crippen molar-refractivity contribution in [1.82, 2.24) is 14.9 Å². The number of aliphatic hydroxyl groups excluding tert-OH is 1. The van der Waals surface area contributed by atoms with Crippen molar-refractivity contribution in [3.8, 4) is 0 Å². The van der Waals surface area contributed by atoms with Crippen molar-refractivity contribution >= 4 is 5.82 Å². The van der Waals surface area contributed by atoms with Gasteiger partial charge < -0.3 is 14.7 Å². The Labute approximate surface area is 119 Å². The number of hydrogen-bond donors (Lipinski definition) is 1. The number of piperazine rings is 1. The third-order valence-corrected chi connectivity index (χ3v) is 4.44. The molecule has 2 aliphatic heterocycles. The van der Waals surface area contributed by atoms with Gasteiger partial charge in [-0.15, -0.1) is 0 Å². The Bertz CT molecular complexity index is 445. The van der Waals surface area contributed by atoms with E-state index in [0.29, 0.717) is 5.69 Å². The summed E-state index contributed by atoms with van der Waals surface area (Å²) in [5.41, 5.74) is 0.740. The molecule has 1 unspecified atom stereocenters. The molecule has 2 aliphatic rings.